The molecule has 6 nitrogen and oxygen atoms in total. The van der Waals surface area contributed by atoms with E-state index in [1.165, 1.54) is 16.8 Å². The number of benzene rings is 4. The van der Waals surface area contributed by atoms with Crippen molar-refractivity contribution in [3.8, 4) is 0 Å². The van der Waals surface area contributed by atoms with Gasteiger partial charge in [-0.25, -0.2) is 9.13 Å². The Morgan fingerprint density at radius 1 is 0.933 bits per heavy atom. The van der Waals surface area contributed by atoms with E-state index < -0.39 is 0 Å². The number of halogens is 2. The first-order valence-corrected chi connectivity index (χ1v) is 16.0. The van der Waals surface area contributed by atoms with Gasteiger partial charge in [0.2, 0.25) is 12.1 Å². The molecule has 0 bridgehead atoms. The van der Waals surface area contributed by atoms with Crippen LogP contribution in [0.2, 0.25) is 0 Å². The van der Waals surface area contributed by atoms with E-state index in [0.29, 0.717) is 12.1 Å². The van der Waals surface area contributed by atoms with Crippen molar-refractivity contribution in [2.75, 3.05) is 11.4 Å². The number of hydrogen-bond donors (Lipinski definition) is 0. The second-order valence-electron chi connectivity index (χ2n) is 12.5. The smallest absolute Gasteiger partial charge is 0.266 e. The van der Waals surface area contributed by atoms with Crippen molar-refractivity contribution in [2.45, 2.75) is 58.4 Å². The van der Waals surface area contributed by atoms with Gasteiger partial charge in [-0.3, -0.25) is 9.59 Å². The monoisotopic (exact) mass is 726 g/mol. The summed E-state index contributed by atoms with van der Waals surface area (Å²) in [5.41, 5.74) is 8.50. The number of aryl methyl sites for hydroxylation is 2. The largest absolute Gasteiger partial charge is 1.00 e. The quantitative estimate of drug-likeness (QED) is 0.190. The van der Waals surface area contributed by atoms with Gasteiger partial charge in [0.1, 0.15) is 6.17 Å². The van der Waals surface area contributed by atoms with Crippen molar-refractivity contribution >= 4 is 44.3 Å². The van der Waals surface area contributed by atoms with Crippen molar-refractivity contribution in [1.29, 1.82) is 0 Å². The van der Waals surface area contributed by atoms with Crippen molar-refractivity contribution in [3.63, 3.8) is 0 Å². The lowest BCUT2D eigenvalue weighted by molar-refractivity contribution is -0.657. The summed E-state index contributed by atoms with van der Waals surface area (Å²) in [4.78, 5) is 32.1. The minimum Gasteiger partial charge on any atom is -1.00 e. The molecule has 1 fully saturated rings. The molecule has 1 amide bonds. The van der Waals surface area contributed by atoms with Crippen LogP contribution in [0.25, 0.3) is 11.0 Å². The van der Waals surface area contributed by atoms with E-state index in [4.69, 9.17) is 0 Å². The highest BCUT2D eigenvalue weighted by Crippen LogP contribution is 2.52. The number of amides is 1. The van der Waals surface area contributed by atoms with E-state index in [2.05, 4.69) is 107 Å². The van der Waals surface area contributed by atoms with Gasteiger partial charge in [-0.15, -0.1) is 0 Å². The molecule has 8 heteroatoms. The summed E-state index contributed by atoms with van der Waals surface area (Å²) >= 11 is 3.45. The summed E-state index contributed by atoms with van der Waals surface area (Å²) in [6.45, 7) is 8.35. The number of likely N-dealkylation sites (tertiary alicyclic amines) is 1. The summed E-state index contributed by atoms with van der Waals surface area (Å²) in [7, 11) is 0. The fraction of sp³-hybridized carbons (Fsp3) is 0.270. The standard InChI is InChI=1S/C37H36BrN4O2.BrH/c1-25-19-32-33(20-26(25)2)40(24-39(32)22-34(43)28-13-15-29(38)16-14-28)23-35(44)41-18-17-37(3)30-11-7-8-12-31(30)42(36(37)41)21-27-9-5-4-6-10-27;/h4-16,19-20,24,36H,17-18,21-23H2,1-3H3;1H/q+1;/p-1. The molecule has 0 aliphatic carbocycles. The molecule has 2 aliphatic rings. The van der Waals surface area contributed by atoms with Crippen LogP contribution in [0.3, 0.4) is 0 Å². The summed E-state index contributed by atoms with van der Waals surface area (Å²) in [6, 6.07) is 30.9. The maximum absolute atomic E-state index is 14.3. The molecule has 4 aromatic carbocycles. The molecule has 0 saturated carbocycles. The van der Waals surface area contributed by atoms with Gasteiger partial charge in [-0.05, 0) is 72.9 Å². The highest BCUT2D eigenvalue weighted by molar-refractivity contribution is 9.10. The van der Waals surface area contributed by atoms with Crippen LogP contribution >= 0.6 is 15.9 Å². The number of carbonyl (C=O) groups is 2. The number of rotatable bonds is 7. The molecule has 7 rings (SSSR count). The molecule has 0 N–H and O–H groups in total. The maximum atomic E-state index is 14.3. The Bertz CT molecular complexity index is 1900. The summed E-state index contributed by atoms with van der Waals surface area (Å²) in [5.74, 6) is 0.118. The number of aromatic nitrogens is 2. The maximum Gasteiger partial charge on any atom is 0.266 e. The lowest BCUT2D eigenvalue weighted by Crippen LogP contribution is -3.00. The fourth-order valence-electron chi connectivity index (χ4n) is 7.19. The number of nitrogens with zero attached hydrogens (tertiary/aromatic N) is 4. The molecule has 0 radical (unpaired) electrons. The summed E-state index contributed by atoms with van der Waals surface area (Å²) in [5, 5.41) is 0. The van der Waals surface area contributed by atoms with E-state index in [1.807, 2.05) is 45.8 Å². The van der Waals surface area contributed by atoms with E-state index in [0.717, 1.165) is 39.6 Å². The molecular weight excluding hydrogens is 692 g/mol. The van der Waals surface area contributed by atoms with Gasteiger partial charge < -0.3 is 26.8 Å². The number of imidazole rings is 1. The van der Waals surface area contributed by atoms with Gasteiger partial charge in [0.15, 0.2) is 24.1 Å². The molecule has 230 valence electrons. The predicted octanol–water partition coefficient (Wildman–Crippen LogP) is 3.73. The summed E-state index contributed by atoms with van der Waals surface area (Å²) < 4.78 is 4.95. The minimum atomic E-state index is -0.148. The van der Waals surface area contributed by atoms with Crippen molar-refractivity contribution < 1.29 is 31.1 Å². The Balaban J connectivity index is 0.00000357. The number of para-hydroxylation sites is 1. The SMILES string of the molecule is Cc1cc2c(cc1C)[n+](CC(=O)c1ccc(Br)cc1)cn2CC(=O)N1CCC2(C)c3ccccc3N(Cc3ccccc3)C12.[Br-]. The van der Waals surface area contributed by atoms with Gasteiger partial charge in [-0.2, -0.15) is 0 Å². The molecule has 2 atom stereocenters. The first-order valence-electron chi connectivity index (χ1n) is 15.2. The molecule has 45 heavy (non-hydrogen) atoms. The van der Waals surface area contributed by atoms with Crippen LogP contribution < -0.4 is 26.4 Å². The first kappa shape index (κ1) is 31.2. The van der Waals surface area contributed by atoms with Crippen molar-refractivity contribution in [2.24, 2.45) is 0 Å². The van der Waals surface area contributed by atoms with Crippen LogP contribution in [0, 0.1) is 13.8 Å². The zero-order chi connectivity index (χ0) is 30.6. The van der Waals surface area contributed by atoms with Gasteiger partial charge in [-0.1, -0.05) is 83.5 Å². The number of ketones is 1. The van der Waals surface area contributed by atoms with Gasteiger partial charge in [0.05, 0.1) is 0 Å². The molecule has 5 aromatic rings. The highest BCUT2D eigenvalue weighted by Gasteiger charge is 2.55. The van der Waals surface area contributed by atoms with E-state index in [1.54, 1.807) is 0 Å². The second kappa shape index (κ2) is 12.2. The van der Waals surface area contributed by atoms with E-state index >= 15 is 0 Å². The zero-order valence-corrected chi connectivity index (χ0v) is 28.9. The molecule has 2 unspecified atom stereocenters. The topological polar surface area (TPSA) is 49.4 Å². The molecule has 2 aliphatic heterocycles. The number of anilines is 1. The van der Waals surface area contributed by atoms with Crippen LogP contribution in [0.4, 0.5) is 5.69 Å². The third kappa shape index (κ3) is 5.52. The van der Waals surface area contributed by atoms with Gasteiger partial charge in [0, 0.05) is 34.2 Å². The fourth-order valence-corrected chi connectivity index (χ4v) is 7.46. The van der Waals surface area contributed by atoms with Crippen LogP contribution in [-0.2, 0) is 29.8 Å². The normalized spacial score (nSPS) is 18.5. The van der Waals surface area contributed by atoms with Crippen LogP contribution in [0.5, 0.6) is 0 Å². The predicted molar refractivity (Wildman–Crippen MR) is 177 cm³/mol. The van der Waals surface area contributed by atoms with Crippen LogP contribution in [0.15, 0.2) is 102 Å². The van der Waals surface area contributed by atoms with Crippen LogP contribution in [-0.4, -0.2) is 33.9 Å². The lowest BCUT2D eigenvalue weighted by Gasteiger charge is -2.36. The Hall–Kier alpha value is -3.75. The highest BCUT2D eigenvalue weighted by atomic mass is 79.9. The number of carbonyl (C=O) groups excluding carboxylic acids is 2. The molecule has 0 spiro atoms. The first-order chi connectivity index (χ1) is 21.2. The van der Waals surface area contributed by atoms with Gasteiger partial charge >= 0.3 is 0 Å². The average Bonchev–Trinajstić information content (AvgIpc) is 3.61. The van der Waals surface area contributed by atoms with Gasteiger partial charge in [0.25, 0.3) is 5.91 Å². The van der Waals surface area contributed by atoms with Crippen LogP contribution in [0.1, 0.15) is 46.0 Å². The Labute approximate surface area is 283 Å². The average molecular weight is 729 g/mol. The molecule has 3 heterocycles. The lowest BCUT2D eigenvalue weighted by atomic mass is 9.81. The molecular formula is C37H36Br2N4O2. The Morgan fingerprint density at radius 2 is 1.62 bits per heavy atom. The van der Waals surface area contributed by atoms with E-state index in [9.17, 15) is 9.59 Å². The third-order valence-electron chi connectivity index (χ3n) is 9.65. The van der Waals surface area contributed by atoms with Crippen molar-refractivity contribution in [1.82, 2.24) is 9.47 Å². The second-order valence-corrected chi connectivity index (χ2v) is 13.4. The molecule has 1 saturated heterocycles. The minimum absolute atomic E-state index is 0. The van der Waals surface area contributed by atoms with Crippen molar-refractivity contribution in [3.05, 3.63) is 130 Å². The Kier molecular flexibility index (Phi) is 8.48. The number of hydrogen-bond acceptors (Lipinski definition) is 3. The molecule has 1 aromatic heterocycles. The Morgan fingerprint density at radius 3 is 2.38 bits per heavy atom. The number of fused-ring (bicyclic) bond motifs is 4. The number of Topliss-reactive ketones (excluding diaryl/α,β-unsaturated/α-hetero) is 1. The third-order valence-corrected chi connectivity index (χ3v) is 10.2. The zero-order valence-electron chi connectivity index (χ0n) is 25.7. The summed E-state index contributed by atoms with van der Waals surface area (Å²) in [6.07, 6.45) is 2.79. The van der Waals surface area contributed by atoms with E-state index in [-0.39, 0.29) is 53.3 Å².